The van der Waals surface area contributed by atoms with Gasteiger partial charge in [0.1, 0.15) is 12.2 Å². The van der Waals surface area contributed by atoms with Gasteiger partial charge in [0.05, 0.1) is 17.7 Å². The Morgan fingerprint density at radius 2 is 1.78 bits per heavy atom. The number of anilines is 1. The summed E-state index contributed by atoms with van der Waals surface area (Å²) in [6, 6.07) is 16.9. The highest BCUT2D eigenvalue weighted by atomic mass is 79.9. The average molecular weight is 446 g/mol. The van der Waals surface area contributed by atoms with Crippen molar-refractivity contribution in [3.05, 3.63) is 75.6 Å². The van der Waals surface area contributed by atoms with E-state index in [-0.39, 0.29) is 6.61 Å². The van der Waals surface area contributed by atoms with Crippen molar-refractivity contribution in [2.24, 2.45) is 0 Å². The van der Waals surface area contributed by atoms with Crippen LogP contribution in [0.15, 0.2) is 64.5 Å². The van der Waals surface area contributed by atoms with Crippen LogP contribution in [0.5, 0.6) is 0 Å². The van der Waals surface area contributed by atoms with E-state index < -0.39 is 12.1 Å². The summed E-state index contributed by atoms with van der Waals surface area (Å²) in [7, 11) is 1.31. The van der Waals surface area contributed by atoms with E-state index in [9.17, 15) is 9.59 Å². The lowest BCUT2D eigenvalue weighted by Crippen LogP contribution is -2.15. The minimum atomic E-state index is -0.635. The Labute approximate surface area is 169 Å². The van der Waals surface area contributed by atoms with Gasteiger partial charge in [-0.05, 0) is 23.3 Å². The van der Waals surface area contributed by atoms with Crippen LogP contribution in [0, 0.1) is 0 Å². The fourth-order valence-corrected chi connectivity index (χ4v) is 3.70. The van der Waals surface area contributed by atoms with Gasteiger partial charge in [-0.25, -0.2) is 9.59 Å². The van der Waals surface area contributed by atoms with E-state index in [1.807, 2.05) is 54.6 Å². The van der Waals surface area contributed by atoms with Crippen molar-refractivity contribution in [2.75, 3.05) is 12.4 Å². The number of carbonyl (C=O) groups excluding carboxylic acids is 2. The number of amides is 1. The van der Waals surface area contributed by atoms with Crippen molar-refractivity contribution < 1.29 is 19.1 Å². The molecular weight excluding hydrogens is 430 g/mol. The lowest BCUT2D eigenvalue weighted by atomic mass is 10.1. The maximum atomic E-state index is 12.3. The van der Waals surface area contributed by atoms with Crippen LogP contribution in [0.4, 0.5) is 10.5 Å². The first-order valence-electron chi connectivity index (χ1n) is 8.02. The van der Waals surface area contributed by atoms with E-state index >= 15 is 0 Å². The molecule has 0 saturated heterocycles. The summed E-state index contributed by atoms with van der Waals surface area (Å²) in [6.07, 6.45) is -0.635. The number of ether oxygens (including phenoxy) is 2. The average Bonchev–Trinajstić information content (AvgIpc) is 3.10. The number of rotatable bonds is 5. The fraction of sp³-hybridized carbons (Fsp3) is 0.100. The number of esters is 1. The van der Waals surface area contributed by atoms with Crippen LogP contribution < -0.4 is 5.32 Å². The number of carbonyl (C=O) groups is 2. The normalized spacial score (nSPS) is 10.3. The second-order valence-electron chi connectivity index (χ2n) is 5.54. The zero-order chi connectivity index (χ0) is 19.2. The molecule has 0 aliphatic heterocycles. The van der Waals surface area contributed by atoms with E-state index in [0.29, 0.717) is 16.1 Å². The number of methoxy groups -OCH3 is 1. The molecule has 1 amide bonds. The molecule has 1 N–H and O–H groups in total. The van der Waals surface area contributed by atoms with E-state index in [4.69, 9.17) is 9.47 Å². The first kappa shape index (κ1) is 19.1. The molecule has 27 heavy (non-hydrogen) atoms. The summed E-state index contributed by atoms with van der Waals surface area (Å²) < 4.78 is 11.1. The number of halogens is 1. The molecule has 0 bridgehead atoms. The lowest BCUT2D eigenvalue weighted by Gasteiger charge is -2.09. The molecule has 1 heterocycles. The quantitative estimate of drug-likeness (QED) is 0.510. The summed E-state index contributed by atoms with van der Waals surface area (Å²) in [6.45, 7) is 0.143. The van der Waals surface area contributed by atoms with Gasteiger partial charge in [-0.15, -0.1) is 11.3 Å². The van der Waals surface area contributed by atoms with E-state index in [2.05, 4.69) is 21.2 Å². The van der Waals surface area contributed by atoms with Crippen LogP contribution in [0.3, 0.4) is 0 Å². The summed E-state index contributed by atoms with van der Waals surface area (Å²) >= 11 is 4.74. The third-order valence-electron chi connectivity index (χ3n) is 3.74. The topological polar surface area (TPSA) is 64.6 Å². The Hall–Kier alpha value is -2.64. The number of hydrogen-bond donors (Lipinski definition) is 1. The van der Waals surface area contributed by atoms with Crippen LogP contribution in [0.1, 0.15) is 15.9 Å². The Balaban J connectivity index is 1.79. The molecule has 0 saturated carbocycles. The third-order valence-corrected chi connectivity index (χ3v) is 5.29. The number of hydrogen-bond acceptors (Lipinski definition) is 5. The van der Waals surface area contributed by atoms with Gasteiger partial charge in [-0.3, -0.25) is 5.32 Å². The lowest BCUT2D eigenvalue weighted by molar-refractivity contribution is 0.0603. The van der Waals surface area contributed by atoms with Crippen molar-refractivity contribution in [2.45, 2.75) is 6.61 Å². The van der Waals surface area contributed by atoms with E-state index in [0.717, 1.165) is 15.6 Å². The Kier molecular flexibility index (Phi) is 6.26. The smallest absolute Gasteiger partial charge is 0.412 e. The van der Waals surface area contributed by atoms with Gasteiger partial charge in [0.25, 0.3) is 0 Å². The van der Waals surface area contributed by atoms with Crippen molar-refractivity contribution >= 4 is 45.0 Å². The second-order valence-corrected chi connectivity index (χ2v) is 7.33. The van der Waals surface area contributed by atoms with Crippen LogP contribution >= 0.6 is 27.3 Å². The van der Waals surface area contributed by atoms with Gasteiger partial charge in [0.15, 0.2) is 0 Å². The van der Waals surface area contributed by atoms with Gasteiger partial charge >= 0.3 is 12.1 Å². The number of benzene rings is 2. The molecule has 5 nitrogen and oxygen atoms in total. The molecule has 3 aromatic rings. The molecule has 1 aromatic heterocycles. The SMILES string of the molecule is COC(=O)c1c(NC(=O)OCc2ccccc2)csc1-c1ccc(Br)cc1. The minimum absolute atomic E-state index is 0.143. The van der Waals surface area contributed by atoms with Crippen LogP contribution in [-0.4, -0.2) is 19.2 Å². The minimum Gasteiger partial charge on any atom is -0.465 e. The molecule has 2 aromatic carbocycles. The van der Waals surface area contributed by atoms with Crippen molar-refractivity contribution in [3.63, 3.8) is 0 Å². The summed E-state index contributed by atoms with van der Waals surface area (Å²) in [5.41, 5.74) is 2.40. The van der Waals surface area contributed by atoms with E-state index in [1.54, 1.807) is 5.38 Å². The zero-order valence-corrected chi connectivity index (χ0v) is 16.8. The van der Waals surface area contributed by atoms with Crippen molar-refractivity contribution in [3.8, 4) is 10.4 Å². The molecule has 0 radical (unpaired) electrons. The largest absolute Gasteiger partial charge is 0.465 e. The molecule has 0 fully saturated rings. The van der Waals surface area contributed by atoms with Crippen molar-refractivity contribution in [1.82, 2.24) is 0 Å². The van der Waals surface area contributed by atoms with Crippen LogP contribution in [-0.2, 0) is 16.1 Å². The highest BCUT2D eigenvalue weighted by molar-refractivity contribution is 9.10. The van der Waals surface area contributed by atoms with Gasteiger partial charge < -0.3 is 9.47 Å². The van der Waals surface area contributed by atoms with E-state index in [1.165, 1.54) is 18.4 Å². The highest BCUT2D eigenvalue weighted by Crippen LogP contribution is 2.37. The molecule has 0 aliphatic rings. The Bertz CT molecular complexity index is 938. The molecule has 0 spiro atoms. The first-order valence-corrected chi connectivity index (χ1v) is 9.69. The number of thiophene rings is 1. The van der Waals surface area contributed by atoms with Crippen molar-refractivity contribution in [1.29, 1.82) is 0 Å². The second kappa shape index (κ2) is 8.83. The molecule has 0 unspecified atom stereocenters. The van der Waals surface area contributed by atoms with Gasteiger partial charge in [0, 0.05) is 9.85 Å². The maximum absolute atomic E-state index is 12.3. The molecule has 0 aliphatic carbocycles. The fourth-order valence-electron chi connectivity index (χ4n) is 2.44. The Morgan fingerprint density at radius 1 is 1.07 bits per heavy atom. The molecular formula is C20H16BrNO4S. The maximum Gasteiger partial charge on any atom is 0.412 e. The predicted octanol–water partition coefficient (Wildman–Crippen LogP) is 5.71. The Morgan fingerprint density at radius 3 is 2.44 bits per heavy atom. The summed E-state index contributed by atoms with van der Waals surface area (Å²) in [5, 5.41) is 4.34. The molecule has 138 valence electrons. The summed E-state index contributed by atoms with van der Waals surface area (Å²) in [4.78, 5) is 25.2. The zero-order valence-electron chi connectivity index (χ0n) is 14.4. The molecule has 3 rings (SSSR count). The van der Waals surface area contributed by atoms with Gasteiger partial charge in [-0.2, -0.15) is 0 Å². The van der Waals surface area contributed by atoms with Gasteiger partial charge in [0.2, 0.25) is 0 Å². The molecule has 7 heteroatoms. The standard InChI is InChI=1S/C20H16BrNO4S/c1-25-19(23)17-16(12-27-18(17)14-7-9-15(21)10-8-14)22-20(24)26-11-13-5-3-2-4-6-13/h2-10,12H,11H2,1H3,(H,22,24). The first-order chi connectivity index (χ1) is 13.1. The van der Waals surface area contributed by atoms with Gasteiger partial charge in [-0.1, -0.05) is 58.4 Å². The van der Waals surface area contributed by atoms with Crippen LogP contribution in [0.25, 0.3) is 10.4 Å². The predicted molar refractivity (Wildman–Crippen MR) is 109 cm³/mol. The highest BCUT2D eigenvalue weighted by Gasteiger charge is 2.22. The third kappa shape index (κ3) is 4.75. The van der Waals surface area contributed by atoms with Crippen LogP contribution in [0.2, 0.25) is 0 Å². The molecule has 0 atom stereocenters. The number of nitrogens with one attached hydrogen (secondary N) is 1. The summed E-state index contributed by atoms with van der Waals surface area (Å²) in [5.74, 6) is -0.521. The monoisotopic (exact) mass is 445 g/mol.